The average molecular weight is 419 g/mol. The molecule has 0 aliphatic rings. The third kappa shape index (κ3) is 8.23. The quantitative estimate of drug-likeness (QED) is 0.295. The molecule has 0 aromatic heterocycles. The maximum absolute atomic E-state index is 12.3. The monoisotopic (exact) mass is 418 g/mol. The van der Waals surface area contributed by atoms with Crippen LogP contribution in [0.5, 0.6) is 0 Å². The smallest absolute Gasteiger partial charge is 0.240 e. The summed E-state index contributed by atoms with van der Waals surface area (Å²) >= 11 is 0. The standard InChI is InChI=1S/C21H30N4O3S/c1-22-21(23-13-7-11-18-8-4-3-5-9-18)24-17-19-10-6-12-20(16-19)29(26,27)25-14-15-28-2/h3-6,8-10,12,16,25H,7,11,13-15,17H2,1-2H3,(H2,22,23,24). The van der Waals surface area contributed by atoms with Crippen molar-refractivity contribution in [2.45, 2.75) is 24.3 Å². The van der Waals surface area contributed by atoms with Gasteiger partial charge in [0.1, 0.15) is 0 Å². The number of hydrogen-bond acceptors (Lipinski definition) is 4. The molecule has 0 bridgehead atoms. The van der Waals surface area contributed by atoms with Crippen LogP contribution in [0.3, 0.4) is 0 Å². The van der Waals surface area contributed by atoms with Crippen molar-refractivity contribution in [3.63, 3.8) is 0 Å². The zero-order valence-electron chi connectivity index (χ0n) is 17.0. The molecular formula is C21H30N4O3S. The van der Waals surface area contributed by atoms with Crippen LogP contribution in [0, 0.1) is 0 Å². The predicted molar refractivity (Wildman–Crippen MR) is 116 cm³/mol. The van der Waals surface area contributed by atoms with Crippen molar-refractivity contribution in [1.29, 1.82) is 0 Å². The number of benzene rings is 2. The number of aliphatic imine (C=N–C) groups is 1. The Morgan fingerprint density at radius 2 is 1.76 bits per heavy atom. The van der Waals surface area contributed by atoms with E-state index in [9.17, 15) is 8.42 Å². The largest absolute Gasteiger partial charge is 0.383 e. The van der Waals surface area contributed by atoms with Crippen LogP contribution in [0.25, 0.3) is 0 Å². The van der Waals surface area contributed by atoms with Crippen LogP contribution in [0.4, 0.5) is 0 Å². The number of aryl methyl sites for hydroxylation is 1. The fraction of sp³-hybridized carbons (Fsp3) is 0.381. The minimum atomic E-state index is -3.55. The lowest BCUT2D eigenvalue weighted by atomic mass is 10.1. The SMILES string of the molecule is CN=C(NCCCc1ccccc1)NCc1cccc(S(=O)(=O)NCCOC)c1. The first kappa shape index (κ1) is 22.9. The summed E-state index contributed by atoms with van der Waals surface area (Å²) in [5, 5.41) is 6.50. The second-order valence-electron chi connectivity index (χ2n) is 6.48. The summed E-state index contributed by atoms with van der Waals surface area (Å²) in [6, 6.07) is 17.2. The summed E-state index contributed by atoms with van der Waals surface area (Å²) in [5.74, 6) is 0.685. The minimum absolute atomic E-state index is 0.235. The first-order chi connectivity index (χ1) is 14.0. The highest BCUT2D eigenvalue weighted by Gasteiger charge is 2.13. The molecule has 0 spiro atoms. The molecule has 0 saturated carbocycles. The van der Waals surface area contributed by atoms with Gasteiger partial charge in [0.05, 0.1) is 11.5 Å². The molecule has 0 unspecified atom stereocenters. The molecule has 0 fully saturated rings. The molecule has 0 aliphatic carbocycles. The third-order valence-corrected chi connectivity index (χ3v) is 5.73. The Kier molecular flexibility index (Phi) is 9.63. The molecule has 2 aromatic rings. The molecule has 3 N–H and O–H groups in total. The molecule has 0 amide bonds. The zero-order valence-corrected chi connectivity index (χ0v) is 17.8. The van der Waals surface area contributed by atoms with Crippen molar-refractivity contribution < 1.29 is 13.2 Å². The fourth-order valence-electron chi connectivity index (χ4n) is 2.73. The van der Waals surface area contributed by atoms with Crippen LogP contribution < -0.4 is 15.4 Å². The molecule has 2 rings (SSSR count). The average Bonchev–Trinajstić information content (AvgIpc) is 2.74. The molecule has 0 aliphatic heterocycles. The van der Waals surface area contributed by atoms with Crippen LogP contribution in [-0.4, -0.2) is 48.2 Å². The van der Waals surface area contributed by atoms with Gasteiger partial charge in [0.15, 0.2) is 5.96 Å². The number of hydrogen-bond donors (Lipinski definition) is 3. The highest BCUT2D eigenvalue weighted by Crippen LogP contribution is 2.11. The van der Waals surface area contributed by atoms with E-state index in [1.54, 1.807) is 25.2 Å². The number of nitrogens with one attached hydrogen (secondary N) is 3. The van der Waals surface area contributed by atoms with Crippen molar-refractivity contribution in [1.82, 2.24) is 15.4 Å². The Bertz CT molecular complexity index is 871. The van der Waals surface area contributed by atoms with E-state index in [0.29, 0.717) is 19.1 Å². The van der Waals surface area contributed by atoms with Gasteiger partial charge < -0.3 is 15.4 Å². The van der Waals surface area contributed by atoms with E-state index >= 15 is 0 Å². The Morgan fingerprint density at radius 3 is 2.48 bits per heavy atom. The van der Waals surface area contributed by atoms with Crippen LogP contribution in [0.1, 0.15) is 17.5 Å². The zero-order chi connectivity index (χ0) is 21.0. The van der Waals surface area contributed by atoms with Crippen LogP contribution in [0.2, 0.25) is 0 Å². The first-order valence-electron chi connectivity index (χ1n) is 9.61. The minimum Gasteiger partial charge on any atom is -0.383 e. The molecule has 158 valence electrons. The van der Waals surface area contributed by atoms with Crippen LogP contribution in [-0.2, 0) is 27.7 Å². The lowest BCUT2D eigenvalue weighted by molar-refractivity contribution is 0.204. The molecular weight excluding hydrogens is 388 g/mol. The van der Waals surface area contributed by atoms with E-state index in [2.05, 4.69) is 32.5 Å². The van der Waals surface area contributed by atoms with E-state index in [4.69, 9.17) is 4.74 Å². The summed E-state index contributed by atoms with van der Waals surface area (Å²) in [4.78, 5) is 4.45. The summed E-state index contributed by atoms with van der Waals surface area (Å²) < 4.78 is 32.0. The molecule has 0 heterocycles. The third-order valence-electron chi connectivity index (χ3n) is 4.27. The lowest BCUT2D eigenvalue weighted by Gasteiger charge is -2.13. The van der Waals surface area contributed by atoms with Gasteiger partial charge in [-0.2, -0.15) is 0 Å². The highest BCUT2D eigenvalue weighted by molar-refractivity contribution is 7.89. The van der Waals surface area contributed by atoms with E-state index in [-0.39, 0.29) is 11.4 Å². The first-order valence-corrected chi connectivity index (χ1v) is 11.1. The van der Waals surface area contributed by atoms with Crippen molar-refractivity contribution in [3.8, 4) is 0 Å². The molecule has 0 radical (unpaired) electrons. The molecule has 0 saturated heterocycles. The predicted octanol–water partition coefficient (Wildman–Crippen LogP) is 1.91. The van der Waals surface area contributed by atoms with Gasteiger partial charge in [-0.15, -0.1) is 0 Å². The topological polar surface area (TPSA) is 91.8 Å². The van der Waals surface area contributed by atoms with E-state index in [1.807, 2.05) is 24.3 Å². The van der Waals surface area contributed by atoms with Gasteiger partial charge in [0, 0.05) is 33.8 Å². The number of methoxy groups -OCH3 is 1. The fourth-order valence-corrected chi connectivity index (χ4v) is 3.82. The van der Waals surface area contributed by atoms with Gasteiger partial charge >= 0.3 is 0 Å². The van der Waals surface area contributed by atoms with E-state index in [1.165, 1.54) is 12.7 Å². The van der Waals surface area contributed by atoms with E-state index < -0.39 is 10.0 Å². The van der Waals surface area contributed by atoms with Gasteiger partial charge in [-0.1, -0.05) is 42.5 Å². The lowest BCUT2D eigenvalue weighted by Crippen LogP contribution is -2.37. The van der Waals surface area contributed by atoms with Crippen molar-refractivity contribution >= 4 is 16.0 Å². The Balaban J connectivity index is 1.81. The number of guanidine groups is 1. The number of ether oxygens (including phenoxy) is 1. The van der Waals surface area contributed by atoms with Crippen LogP contribution >= 0.6 is 0 Å². The summed E-state index contributed by atoms with van der Waals surface area (Å²) in [5.41, 5.74) is 2.17. The normalized spacial score (nSPS) is 12.0. The van der Waals surface area contributed by atoms with Crippen LogP contribution in [0.15, 0.2) is 64.5 Å². The van der Waals surface area contributed by atoms with Gasteiger partial charge in [-0.05, 0) is 36.1 Å². The van der Waals surface area contributed by atoms with Crippen molar-refractivity contribution in [2.75, 3.05) is 33.9 Å². The van der Waals surface area contributed by atoms with Crippen molar-refractivity contribution in [3.05, 3.63) is 65.7 Å². The van der Waals surface area contributed by atoms with E-state index in [0.717, 1.165) is 24.9 Å². The Morgan fingerprint density at radius 1 is 1.00 bits per heavy atom. The molecule has 29 heavy (non-hydrogen) atoms. The van der Waals surface area contributed by atoms with Crippen molar-refractivity contribution in [2.24, 2.45) is 4.99 Å². The molecule has 2 aromatic carbocycles. The maximum atomic E-state index is 12.3. The van der Waals surface area contributed by atoms with Gasteiger partial charge in [-0.25, -0.2) is 13.1 Å². The molecule has 0 atom stereocenters. The van der Waals surface area contributed by atoms with Gasteiger partial charge in [-0.3, -0.25) is 4.99 Å². The second-order valence-corrected chi connectivity index (χ2v) is 8.25. The number of nitrogens with zero attached hydrogens (tertiary/aromatic N) is 1. The number of rotatable bonds is 11. The maximum Gasteiger partial charge on any atom is 0.240 e. The Labute approximate surface area is 173 Å². The highest BCUT2D eigenvalue weighted by atomic mass is 32.2. The van der Waals surface area contributed by atoms with Gasteiger partial charge in [0.25, 0.3) is 0 Å². The molecule has 8 heteroatoms. The number of sulfonamides is 1. The molecule has 7 nitrogen and oxygen atoms in total. The Hall–Kier alpha value is -2.42. The summed E-state index contributed by atoms with van der Waals surface area (Å²) in [7, 11) is -0.300. The summed E-state index contributed by atoms with van der Waals surface area (Å²) in [6.07, 6.45) is 1.99. The second kappa shape index (κ2) is 12.2. The summed E-state index contributed by atoms with van der Waals surface area (Å²) in [6.45, 7) is 1.83. The van der Waals surface area contributed by atoms with Gasteiger partial charge in [0.2, 0.25) is 10.0 Å².